The minimum Gasteiger partial charge on any atom is -0.492 e. The number of rotatable bonds is 6. The summed E-state index contributed by atoms with van der Waals surface area (Å²) in [5, 5.41) is 3.15. The maximum Gasteiger partial charge on any atom is 0.254 e. The molecule has 0 aliphatic rings. The smallest absolute Gasteiger partial charge is 0.254 e. The largest absolute Gasteiger partial charge is 0.492 e. The van der Waals surface area contributed by atoms with Crippen LogP contribution in [0.5, 0.6) is 5.75 Å². The second-order valence-corrected chi connectivity index (χ2v) is 4.72. The molecular weight excluding hydrogens is 266 g/mol. The SMILES string of the molecule is CN(C)C(=O)c1ccc(NCCOc2ccccc2)nc1. The second-order valence-electron chi connectivity index (χ2n) is 4.72. The minimum absolute atomic E-state index is 0.0542. The van der Waals surface area contributed by atoms with E-state index in [4.69, 9.17) is 4.74 Å². The maximum absolute atomic E-state index is 11.7. The predicted octanol–water partition coefficient (Wildman–Crippen LogP) is 2.27. The molecule has 0 bridgehead atoms. The molecule has 0 fully saturated rings. The fraction of sp³-hybridized carbons (Fsp3) is 0.250. The number of benzene rings is 1. The Morgan fingerprint density at radius 1 is 1.19 bits per heavy atom. The number of pyridine rings is 1. The van der Waals surface area contributed by atoms with Crippen LogP contribution >= 0.6 is 0 Å². The molecule has 2 rings (SSSR count). The van der Waals surface area contributed by atoms with Gasteiger partial charge in [0.15, 0.2) is 0 Å². The van der Waals surface area contributed by atoms with Gasteiger partial charge in [0.2, 0.25) is 0 Å². The molecule has 1 N–H and O–H groups in total. The molecule has 0 aliphatic heterocycles. The van der Waals surface area contributed by atoms with Gasteiger partial charge < -0.3 is 15.0 Å². The highest BCUT2D eigenvalue weighted by Gasteiger charge is 2.07. The number of nitrogens with one attached hydrogen (secondary N) is 1. The van der Waals surface area contributed by atoms with Gasteiger partial charge in [-0.15, -0.1) is 0 Å². The minimum atomic E-state index is -0.0542. The summed E-state index contributed by atoms with van der Waals surface area (Å²) in [5.41, 5.74) is 0.575. The summed E-state index contributed by atoms with van der Waals surface area (Å²) in [5.74, 6) is 1.52. The molecule has 1 aromatic heterocycles. The standard InChI is InChI=1S/C16H19N3O2/c1-19(2)16(20)13-8-9-15(18-12-13)17-10-11-21-14-6-4-3-5-7-14/h3-9,12H,10-11H2,1-2H3,(H,17,18). The third-order valence-electron chi connectivity index (χ3n) is 2.84. The summed E-state index contributed by atoms with van der Waals surface area (Å²) in [6, 6.07) is 13.2. The Balaban J connectivity index is 1.77. The van der Waals surface area contributed by atoms with Crippen molar-refractivity contribution in [3.05, 3.63) is 54.2 Å². The second kappa shape index (κ2) is 7.28. The molecule has 0 saturated heterocycles. The number of ether oxygens (including phenoxy) is 1. The van der Waals surface area contributed by atoms with E-state index in [1.807, 2.05) is 30.3 Å². The molecule has 1 aromatic carbocycles. The summed E-state index contributed by atoms with van der Waals surface area (Å²) >= 11 is 0. The van der Waals surface area contributed by atoms with E-state index in [0.29, 0.717) is 18.7 Å². The molecule has 0 unspecified atom stereocenters. The lowest BCUT2D eigenvalue weighted by molar-refractivity contribution is 0.0827. The molecule has 1 heterocycles. The topological polar surface area (TPSA) is 54.5 Å². The highest BCUT2D eigenvalue weighted by Crippen LogP contribution is 2.09. The molecule has 0 radical (unpaired) electrons. The average Bonchev–Trinajstić information content (AvgIpc) is 2.52. The van der Waals surface area contributed by atoms with Gasteiger partial charge in [0.05, 0.1) is 12.1 Å². The Morgan fingerprint density at radius 2 is 1.95 bits per heavy atom. The molecular formula is C16H19N3O2. The number of amides is 1. The van der Waals surface area contributed by atoms with Gasteiger partial charge in [-0.1, -0.05) is 18.2 Å². The third kappa shape index (κ3) is 4.49. The number of hydrogen-bond acceptors (Lipinski definition) is 4. The first-order valence-electron chi connectivity index (χ1n) is 6.76. The van der Waals surface area contributed by atoms with Crippen molar-refractivity contribution in [2.75, 3.05) is 32.6 Å². The van der Waals surface area contributed by atoms with Gasteiger partial charge in [-0.05, 0) is 24.3 Å². The molecule has 2 aromatic rings. The lowest BCUT2D eigenvalue weighted by atomic mass is 10.2. The molecule has 0 saturated carbocycles. The van der Waals surface area contributed by atoms with Crippen LogP contribution < -0.4 is 10.1 Å². The van der Waals surface area contributed by atoms with Crippen molar-refractivity contribution >= 4 is 11.7 Å². The van der Waals surface area contributed by atoms with E-state index < -0.39 is 0 Å². The molecule has 0 aliphatic carbocycles. The van der Waals surface area contributed by atoms with E-state index in [9.17, 15) is 4.79 Å². The molecule has 21 heavy (non-hydrogen) atoms. The van der Waals surface area contributed by atoms with Crippen LogP contribution in [0.4, 0.5) is 5.82 Å². The summed E-state index contributed by atoms with van der Waals surface area (Å²) in [4.78, 5) is 17.5. The van der Waals surface area contributed by atoms with E-state index >= 15 is 0 Å². The van der Waals surface area contributed by atoms with Crippen molar-refractivity contribution in [3.63, 3.8) is 0 Å². The van der Waals surface area contributed by atoms with Crippen molar-refractivity contribution in [1.82, 2.24) is 9.88 Å². The van der Waals surface area contributed by atoms with Crippen LogP contribution in [0, 0.1) is 0 Å². The number of aromatic nitrogens is 1. The number of hydrogen-bond donors (Lipinski definition) is 1. The van der Waals surface area contributed by atoms with Gasteiger partial charge in [-0.25, -0.2) is 4.98 Å². The Hall–Kier alpha value is -2.56. The van der Waals surface area contributed by atoms with Crippen LogP contribution in [0.2, 0.25) is 0 Å². The highest BCUT2D eigenvalue weighted by atomic mass is 16.5. The van der Waals surface area contributed by atoms with Crippen LogP contribution in [-0.2, 0) is 0 Å². The normalized spacial score (nSPS) is 10.0. The number of anilines is 1. The quantitative estimate of drug-likeness (QED) is 0.827. The van der Waals surface area contributed by atoms with Crippen molar-refractivity contribution in [2.45, 2.75) is 0 Å². The van der Waals surface area contributed by atoms with Gasteiger partial charge in [0, 0.05) is 20.3 Å². The molecule has 0 atom stereocenters. The molecule has 0 spiro atoms. The van der Waals surface area contributed by atoms with Crippen LogP contribution in [-0.4, -0.2) is 43.0 Å². The Morgan fingerprint density at radius 3 is 2.57 bits per heavy atom. The van der Waals surface area contributed by atoms with Crippen LogP contribution in [0.3, 0.4) is 0 Å². The van der Waals surface area contributed by atoms with Gasteiger partial charge >= 0.3 is 0 Å². The monoisotopic (exact) mass is 285 g/mol. The van der Waals surface area contributed by atoms with Gasteiger partial charge in [-0.3, -0.25) is 4.79 Å². The summed E-state index contributed by atoms with van der Waals surface area (Å²) in [7, 11) is 3.44. The zero-order valence-corrected chi connectivity index (χ0v) is 12.2. The van der Waals surface area contributed by atoms with Crippen LogP contribution in [0.1, 0.15) is 10.4 Å². The Kier molecular flexibility index (Phi) is 5.15. The number of nitrogens with zero attached hydrogens (tertiary/aromatic N) is 2. The third-order valence-corrected chi connectivity index (χ3v) is 2.84. The fourth-order valence-electron chi connectivity index (χ4n) is 1.75. The van der Waals surface area contributed by atoms with Gasteiger partial charge in [0.1, 0.15) is 18.2 Å². The lowest BCUT2D eigenvalue weighted by Crippen LogP contribution is -2.21. The van der Waals surface area contributed by atoms with Crippen molar-refractivity contribution in [2.24, 2.45) is 0 Å². The molecule has 110 valence electrons. The van der Waals surface area contributed by atoms with E-state index in [1.165, 1.54) is 4.90 Å². The van der Waals surface area contributed by atoms with Crippen molar-refractivity contribution in [3.8, 4) is 5.75 Å². The molecule has 5 heteroatoms. The Bertz CT molecular complexity index is 568. The predicted molar refractivity (Wildman–Crippen MR) is 82.7 cm³/mol. The summed E-state index contributed by atoms with van der Waals surface area (Å²) in [6.07, 6.45) is 1.57. The molecule has 5 nitrogen and oxygen atoms in total. The average molecular weight is 285 g/mol. The van der Waals surface area contributed by atoms with Crippen molar-refractivity contribution in [1.29, 1.82) is 0 Å². The van der Waals surface area contributed by atoms with E-state index in [2.05, 4.69) is 10.3 Å². The van der Waals surface area contributed by atoms with Crippen LogP contribution in [0.25, 0.3) is 0 Å². The van der Waals surface area contributed by atoms with E-state index in [-0.39, 0.29) is 5.91 Å². The zero-order valence-electron chi connectivity index (χ0n) is 12.2. The molecule has 1 amide bonds. The first-order chi connectivity index (χ1) is 10.2. The zero-order chi connectivity index (χ0) is 15.1. The summed E-state index contributed by atoms with van der Waals surface area (Å²) < 4.78 is 5.57. The first kappa shape index (κ1) is 14.8. The van der Waals surface area contributed by atoms with Crippen molar-refractivity contribution < 1.29 is 9.53 Å². The van der Waals surface area contributed by atoms with Crippen LogP contribution in [0.15, 0.2) is 48.7 Å². The maximum atomic E-state index is 11.7. The number of para-hydroxylation sites is 1. The highest BCUT2D eigenvalue weighted by molar-refractivity contribution is 5.93. The van der Waals surface area contributed by atoms with Gasteiger partial charge in [0.25, 0.3) is 5.91 Å². The number of carbonyl (C=O) groups excluding carboxylic acids is 1. The van der Waals surface area contributed by atoms with E-state index in [1.54, 1.807) is 32.4 Å². The van der Waals surface area contributed by atoms with E-state index in [0.717, 1.165) is 11.6 Å². The Labute approximate surface area is 124 Å². The lowest BCUT2D eigenvalue weighted by Gasteiger charge is -2.11. The van der Waals surface area contributed by atoms with Gasteiger partial charge in [-0.2, -0.15) is 0 Å². The number of carbonyl (C=O) groups is 1. The fourth-order valence-corrected chi connectivity index (χ4v) is 1.75. The first-order valence-corrected chi connectivity index (χ1v) is 6.76. The summed E-state index contributed by atoms with van der Waals surface area (Å²) in [6.45, 7) is 1.19.